The summed E-state index contributed by atoms with van der Waals surface area (Å²) in [5, 5.41) is 5.24. The maximum absolute atomic E-state index is 12.4. The van der Waals surface area contributed by atoms with Crippen LogP contribution in [0.1, 0.15) is 44.1 Å². The summed E-state index contributed by atoms with van der Waals surface area (Å²) in [6.07, 6.45) is 0.407. The first-order chi connectivity index (χ1) is 10.8. The van der Waals surface area contributed by atoms with Gasteiger partial charge in [-0.1, -0.05) is 19.3 Å². The third-order valence-electron chi connectivity index (χ3n) is 3.79. The average Bonchev–Trinajstić information content (AvgIpc) is 2.47. The zero-order chi connectivity index (χ0) is 16.9. The number of nitrogens with one attached hydrogen (secondary N) is 2. The smallest absolute Gasteiger partial charge is 0.353 e. The van der Waals surface area contributed by atoms with Crippen molar-refractivity contribution < 1.29 is 22.8 Å². The van der Waals surface area contributed by atoms with Crippen molar-refractivity contribution in [1.29, 1.82) is 0 Å². The molecule has 0 unspecified atom stereocenters. The second-order valence-corrected chi connectivity index (χ2v) is 5.70. The van der Waals surface area contributed by atoms with Gasteiger partial charge in [-0.15, -0.1) is 0 Å². The second-order valence-electron chi connectivity index (χ2n) is 5.70. The molecule has 126 valence electrons. The summed E-state index contributed by atoms with van der Waals surface area (Å²) >= 11 is 0. The summed E-state index contributed by atoms with van der Waals surface area (Å²) in [7, 11) is 0. The molecule has 7 heteroatoms. The maximum atomic E-state index is 12.4. The van der Waals surface area contributed by atoms with Crippen molar-refractivity contribution in [3.8, 4) is 0 Å². The van der Waals surface area contributed by atoms with Gasteiger partial charge in [0.1, 0.15) is 6.42 Å². The maximum Gasteiger partial charge on any atom is 0.416 e. The number of hydrogen-bond donors (Lipinski definition) is 2. The third kappa shape index (κ3) is 5.58. The monoisotopic (exact) mass is 328 g/mol. The molecule has 2 N–H and O–H groups in total. The number of hydrogen-bond acceptors (Lipinski definition) is 2. The zero-order valence-corrected chi connectivity index (χ0v) is 12.6. The fraction of sp³-hybridized carbons (Fsp3) is 0.500. The van der Waals surface area contributed by atoms with Crippen LogP contribution in [0, 0.1) is 0 Å². The summed E-state index contributed by atoms with van der Waals surface area (Å²) in [5.74, 6) is -0.903. The number of rotatable bonds is 4. The molecule has 0 aromatic heterocycles. The van der Waals surface area contributed by atoms with E-state index in [4.69, 9.17) is 0 Å². The highest BCUT2D eigenvalue weighted by Crippen LogP contribution is 2.29. The van der Waals surface area contributed by atoms with E-state index in [0.29, 0.717) is 0 Å². The van der Waals surface area contributed by atoms with Gasteiger partial charge in [-0.3, -0.25) is 9.59 Å². The Kier molecular flexibility index (Phi) is 5.63. The molecule has 1 aliphatic rings. The number of amides is 2. The minimum atomic E-state index is -4.41. The van der Waals surface area contributed by atoms with Gasteiger partial charge >= 0.3 is 6.18 Å². The Hall–Kier alpha value is -2.05. The fourth-order valence-corrected chi connectivity index (χ4v) is 2.62. The van der Waals surface area contributed by atoms with Crippen LogP contribution in [-0.4, -0.2) is 17.9 Å². The number of alkyl halides is 3. The topological polar surface area (TPSA) is 58.2 Å². The van der Waals surface area contributed by atoms with E-state index >= 15 is 0 Å². The van der Waals surface area contributed by atoms with E-state index in [0.717, 1.165) is 37.8 Å². The largest absolute Gasteiger partial charge is 0.416 e. The van der Waals surface area contributed by atoms with Crippen LogP contribution in [-0.2, 0) is 15.8 Å². The lowest BCUT2D eigenvalue weighted by atomic mass is 9.95. The van der Waals surface area contributed by atoms with Crippen molar-refractivity contribution in [1.82, 2.24) is 5.32 Å². The van der Waals surface area contributed by atoms with Crippen LogP contribution in [0.5, 0.6) is 0 Å². The van der Waals surface area contributed by atoms with Crippen LogP contribution >= 0.6 is 0 Å². The first-order valence-electron chi connectivity index (χ1n) is 7.61. The molecule has 1 aliphatic carbocycles. The molecule has 4 nitrogen and oxygen atoms in total. The standard InChI is InChI=1S/C16H19F3N2O2/c17-16(18,19)11-6-8-13(9-7-11)21-15(23)10-14(22)20-12-4-2-1-3-5-12/h6-9,12H,1-5,10H2,(H,20,22)(H,21,23). The lowest BCUT2D eigenvalue weighted by Gasteiger charge is -2.22. The van der Waals surface area contributed by atoms with Gasteiger partial charge in [0.05, 0.1) is 5.56 Å². The molecule has 0 aliphatic heterocycles. The second kappa shape index (κ2) is 7.48. The minimum absolute atomic E-state index is 0.120. The van der Waals surface area contributed by atoms with E-state index in [1.54, 1.807) is 0 Å². The Morgan fingerprint density at radius 2 is 1.61 bits per heavy atom. The van der Waals surface area contributed by atoms with Crippen molar-refractivity contribution >= 4 is 17.5 Å². The predicted molar refractivity (Wildman–Crippen MR) is 79.7 cm³/mol. The van der Waals surface area contributed by atoms with Crippen molar-refractivity contribution in [2.45, 2.75) is 50.7 Å². The van der Waals surface area contributed by atoms with Crippen LogP contribution < -0.4 is 10.6 Å². The molecule has 0 bridgehead atoms. The predicted octanol–water partition coefficient (Wildman–Crippen LogP) is 3.48. The molecule has 1 aromatic rings. The lowest BCUT2D eigenvalue weighted by molar-refractivity contribution is -0.137. The minimum Gasteiger partial charge on any atom is -0.353 e. The van der Waals surface area contributed by atoms with Gasteiger partial charge in [-0.25, -0.2) is 0 Å². The molecular weight excluding hydrogens is 309 g/mol. The number of halogens is 3. The first kappa shape index (κ1) is 17.3. The number of carbonyl (C=O) groups excluding carboxylic acids is 2. The van der Waals surface area contributed by atoms with E-state index in [9.17, 15) is 22.8 Å². The molecule has 23 heavy (non-hydrogen) atoms. The summed E-state index contributed by atoms with van der Waals surface area (Å²) < 4.78 is 37.3. The Morgan fingerprint density at radius 3 is 2.17 bits per heavy atom. The highest BCUT2D eigenvalue weighted by atomic mass is 19.4. The van der Waals surface area contributed by atoms with Crippen LogP contribution in [0.2, 0.25) is 0 Å². The van der Waals surface area contributed by atoms with Gasteiger partial charge in [-0.05, 0) is 37.1 Å². The zero-order valence-electron chi connectivity index (χ0n) is 12.6. The highest BCUT2D eigenvalue weighted by molar-refractivity contribution is 6.03. The molecule has 1 aromatic carbocycles. The van der Waals surface area contributed by atoms with Crippen molar-refractivity contribution in [3.63, 3.8) is 0 Å². The number of benzene rings is 1. The summed E-state index contributed by atoms with van der Waals surface area (Å²) in [4.78, 5) is 23.5. The molecule has 0 radical (unpaired) electrons. The normalized spacial score (nSPS) is 16.0. The Bertz CT molecular complexity index is 549. The molecular formula is C16H19F3N2O2. The molecule has 0 saturated heterocycles. The molecule has 1 fully saturated rings. The van der Waals surface area contributed by atoms with Gasteiger partial charge < -0.3 is 10.6 Å². The number of carbonyl (C=O) groups is 2. The molecule has 2 amide bonds. The number of anilines is 1. The lowest BCUT2D eigenvalue weighted by Crippen LogP contribution is -2.37. The Morgan fingerprint density at radius 1 is 1.00 bits per heavy atom. The van der Waals surface area contributed by atoms with Crippen LogP contribution in [0.15, 0.2) is 24.3 Å². The van der Waals surface area contributed by atoms with Gasteiger partial charge in [0.2, 0.25) is 11.8 Å². The summed E-state index contributed by atoms with van der Waals surface area (Å²) in [5.41, 5.74) is -0.556. The quantitative estimate of drug-likeness (QED) is 0.831. The van der Waals surface area contributed by atoms with Crippen molar-refractivity contribution in [2.75, 3.05) is 5.32 Å². The Labute approximate surface area is 132 Å². The van der Waals surface area contributed by atoms with E-state index in [1.807, 2.05) is 0 Å². The van der Waals surface area contributed by atoms with E-state index in [-0.39, 0.29) is 24.1 Å². The van der Waals surface area contributed by atoms with Crippen LogP contribution in [0.4, 0.5) is 18.9 Å². The SMILES string of the molecule is O=C(CC(=O)NC1CCCCC1)Nc1ccc(C(F)(F)F)cc1. The van der Waals surface area contributed by atoms with E-state index < -0.39 is 17.6 Å². The Balaban J connectivity index is 1.80. The molecule has 1 saturated carbocycles. The van der Waals surface area contributed by atoms with Gasteiger partial charge in [0, 0.05) is 11.7 Å². The van der Waals surface area contributed by atoms with Crippen LogP contribution in [0.25, 0.3) is 0 Å². The fourth-order valence-electron chi connectivity index (χ4n) is 2.62. The van der Waals surface area contributed by atoms with E-state index in [1.165, 1.54) is 18.6 Å². The summed E-state index contributed by atoms with van der Waals surface area (Å²) in [6, 6.07) is 4.23. The van der Waals surface area contributed by atoms with E-state index in [2.05, 4.69) is 10.6 Å². The van der Waals surface area contributed by atoms with Gasteiger partial charge in [-0.2, -0.15) is 13.2 Å². The highest BCUT2D eigenvalue weighted by Gasteiger charge is 2.30. The first-order valence-corrected chi connectivity index (χ1v) is 7.61. The van der Waals surface area contributed by atoms with Crippen LogP contribution in [0.3, 0.4) is 0 Å². The van der Waals surface area contributed by atoms with Gasteiger partial charge in [0.15, 0.2) is 0 Å². The summed E-state index contributed by atoms with van der Waals surface area (Å²) in [6.45, 7) is 0. The molecule has 2 rings (SSSR count). The molecule has 0 spiro atoms. The molecule has 0 heterocycles. The van der Waals surface area contributed by atoms with Crippen molar-refractivity contribution in [3.05, 3.63) is 29.8 Å². The molecule has 0 atom stereocenters. The average molecular weight is 328 g/mol. The van der Waals surface area contributed by atoms with Gasteiger partial charge in [0.25, 0.3) is 0 Å². The van der Waals surface area contributed by atoms with Crippen molar-refractivity contribution in [2.24, 2.45) is 0 Å². The third-order valence-corrected chi connectivity index (χ3v) is 3.79.